The van der Waals surface area contributed by atoms with Crippen molar-refractivity contribution in [2.45, 2.75) is 24.7 Å². The number of aromatic amines is 1. The van der Waals surface area contributed by atoms with Gasteiger partial charge in [-0.25, -0.2) is 14.8 Å². The van der Waals surface area contributed by atoms with Gasteiger partial charge in [-0.3, -0.25) is 9.48 Å². The maximum Gasteiger partial charge on any atom is 0.490 e. The molecule has 0 fully saturated rings. The van der Waals surface area contributed by atoms with Gasteiger partial charge in [0.05, 0.1) is 30.4 Å². The Hall–Kier alpha value is -5.51. The first-order valence-electron chi connectivity index (χ1n) is 12.2. The van der Waals surface area contributed by atoms with Crippen LogP contribution in [0.15, 0.2) is 85.6 Å². The number of nitriles is 1. The monoisotopic (exact) mass is 559 g/mol. The number of amides is 1. The van der Waals surface area contributed by atoms with Gasteiger partial charge in [0, 0.05) is 34.6 Å². The molecule has 3 aromatic heterocycles. The first-order valence-corrected chi connectivity index (χ1v) is 12.2. The number of nitrogens with zero attached hydrogens (tertiary/aromatic N) is 5. The van der Waals surface area contributed by atoms with Crippen molar-refractivity contribution in [3.05, 3.63) is 96.7 Å². The molecule has 0 saturated carbocycles. The van der Waals surface area contributed by atoms with Crippen LogP contribution >= 0.6 is 0 Å². The number of anilines is 1. The number of hydrogen-bond acceptors (Lipinski definition) is 7. The highest BCUT2D eigenvalue weighted by molar-refractivity contribution is 5.96. The van der Waals surface area contributed by atoms with E-state index in [0.29, 0.717) is 22.5 Å². The number of nitrogens with one attached hydrogen (secondary N) is 2. The van der Waals surface area contributed by atoms with Crippen molar-refractivity contribution in [1.82, 2.24) is 24.7 Å². The van der Waals surface area contributed by atoms with E-state index in [1.165, 1.54) is 36.7 Å². The Bertz CT molecular complexity index is 1740. The van der Waals surface area contributed by atoms with E-state index in [9.17, 15) is 28.0 Å². The molecule has 0 spiro atoms. The molecule has 2 atom stereocenters. The number of benzene rings is 2. The lowest BCUT2D eigenvalue weighted by Gasteiger charge is -2.20. The number of fused-ring (bicyclic) bond motifs is 1. The van der Waals surface area contributed by atoms with Crippen molar-refractivity contribution < 1.29 is 27.5 Å². The van der Waals surface area contributed by atoms with Crippen LogP contribution in [0.4, 0.5) is 18.9 Å². The second-order valence-electron chi connectivity index (χ2n) is 8.86. The van der Waals surface area contributed by atoms with Gasteiger partial charge in [0.2, 0.25) is 6.10 Å². The quantitative estimate of drug-likeness (QED) is 0.252. The van der Waals surface area contributed by atoms with Crippen LogP contribution in [0.25, 0.3) is 22.3 Å². The van der Waals surface area contributed by atoms with Crippen LogP contribution in [0, 0.1) is 11.3 Å². The van der Waals surface area contributed by atoms with Gasteiger partial charge in [0.1, 0.15) is 12.0 Å². The second kappa shape index (κ2) is 11.3. The Morgan fingerprint density at radius 1 is 1.07 bits per heavy atom. The molecule has 0 aliphatic rings. The van der Waals surface area contributed by atoms with Crippen LogP contribution in [0.1, 0.15) is 29.7 Å². The standard InChI is InChI=1S/C28H20F3N7O3/c29-28(30,31)27(40)41-24(17-5-2-1-3-6-17)26(39)37-20-8-4-7-18(13-20)22(9-11-32)38-15-19(14-36-38)23-21-10-12-33-25(21)35-16-34-23/h1-8,10,12-16,22,24H,9H2,(H,37,39)(H,33,34,35). The first-order chi connectivity index (χ1) is 19.7. The maximum absolute atomic E-state index is 13.1. The fourth-order valence-corrected chi connectivity index (χ4v) is 4.29. The molecule has 0 saturated heterocycles. The summed E-state index contributed by atoms with van der Waals surface area (Å²) in [5, 5.41) is 17.3. The van der Waals surface area contributed by atoms with Crippen molar-refractivity contribution in [2.75, 3.05) is 5.32 Å². The minimum absolute atomic E-state index is 0.0255. The van der Waals surface area contributed by atoms with E-state index in [4.69, 9.17) is 0 Å². The fraction of sp³-hybridized carbons (Fsp3) is 0.143. The van der Waals surface area contributed by atoms with Gasteiger partial charge in [-0.05, 0) is 23.8 Å². The van der Waals surface area contributed by atoms with Crippen LogP contribution in [0.3, 0.4) is 0 Å². The molecule has 2 unspecified atom stereocenters. The predicted molar refractivity (Wildman–Crippen MR) is 140 cm³/mol. The minimum Gasteiger partial charge on any atom is -0.441 e. The minimum atomic E-state index is -5.28. The average Bonchev–Trinajstić information content (AvgIpc) is 3.64. The van der Waals surface area contributed by atoms with Gasteiger partial charge in [-0.15, -0.1) is 0 Å². The summed E-state index contributed by atoms with van der Waals surface area (Å²) in [5.74, 6) is -3.47. The highest BCUT2D eigenvalue weighted by Crippen LogP contribution is 2.30. The zero-order chi connectivity index (χ0) is 29.0. The largest absolute Gasteiger partial charge is 0.490 e. The second-order valence-corrected chi connectivity index (χ2v) is 8.86. The topological polar surface area (TPSA) is 139 Å². The van der Waals surface area contributed by atoms with E-state index >= 15 is 0 Å². The summed E-state index contributed by atoms with van der Waals surface area (Å²) in [4.78, 5) is 36.2. The van der Waals surface area contributed by atoms with Crippen LogP contribution in [0.5, 0.6) is 0 Å². The molecule has 2 N–H and O–H groups in total. The number of aromatic nitrogens is 5. The lowest BCUT2D eigenvalue weighted by Crippen LogP contribution is -2.32. The summed E-state index contributed by atoms with van der Waals surface area (Å²) < 4.78 is 44.9. The number of halogens is 3. The van der Waals surface area contributed by atoms with Crippen LogP contribution < -0.4 is 5.32 Å². The van der Waals surface area contributed by atoms with E-state index in [1.54, 1.807) is 47.5 Å². The number of carbonyl (C=O) groups is 2. The third-order valence-electron chi connectivity index (χ3n) is 6.17. The summed E-state index contributed by atoms with van der Waals surface area (Å²) in [6.45, 7) is 0. The normalized spacial score (nSPS) is 12.8. The highest BCUT2D eigenvalue weighted by Gasteiger charge is 2.43. The Morgan fingerprint density at radius 2 is 1.85 bits per heavy atom. The van der Waals surface area contributed by atoms with E-state index in [0.717, 1.165) is 5.39 Å². The Balaban J connectivity index is 1.41. The molecule has 2 aromatic carbocycles. The number of alkyl halides is 3. The highest BCUT2D eigenvalue weighted by atomic mass is 19.4. The van der Waals surface area contributed by atoms with E-state index in [2.05, 4.69) is 36.2 Å². The maximum atomic E-state index is 13.1. The number of H-pyrrole nitrogens is 1. The van der Waals surface area contributed by atoms with Crippen molar-refractivity contribution in [2.24, 2.45) is 0 Å². The molecule has 206 valence electrons. The summed E-state index contributed by atoms with van der Waals surface area (Å²) in [7, 11) is 0. The Labute approximate surface area is 230 Å². The number of carbonyl (C=O) groups excluding carboxylic acids is 2. The Morgan fingerprint density at radius 3 is 2.61 bits per heavy atom. The number of esters is 1. The number of ether oxygens (including phenoxy) is 1. The summed E-state index contributed by atoms with van der Waals surface area (Å²) in [5.41, 5.74) is 2.88. The first kappa shape index (κ1) is 27.1. The molecule has 0 radical (unpaired) electrons. The molecule has 0 bridgehead atoms. The van der Waals surface area contributed by atoms with Crippen molar-refractivity contribution in [1.29, 1.82) is 5.26 Å². The van der Waals surface area contributed by atoms with E-state index < -0.39 is 30.2 Å². The van der Waals surface area contributed by atoms with Gasteiger partial charge >= 0.3 is 12.1 Å². The molecular formula is C28H20F3N7O3. The third kappa shape index (κ3) is 5.91. The van der Waals surface area contributed by atoms with Gasteiger partial charge in [-0.1, -0.05) is 42.5 Å². The lowest BCUT2D eigenvalue weighted by molar-refractivity contribution is -0.205. The van der Waals surface area contributed by atoms with Crippen LogP contribution in [-0.2, 0) is 14.3 Å². The van der Waals surface area contributed by atoms with Gasteiger partial charge < -0.3 is 15.0 Å². The molecule has 0 aliphatic carbocycles. The molecule has 10 nitrogen and oxygen atoms in total. The zero-order valence-corrected chi connectivity index (χ0v) is 21.0. The smallest absolute Gasteiger partial charge is 0.441 e. The van der Waals surface area contributed by atoms with Crippen molar-refractivity contribution in [3.63, 3.8) is 0 Å². The molecule has 0 aliphatic heterocycles. The molecule has 41 heavy (non-hydrogen) atoms. The van der Waals surface area contributed by atoms with E-state index in [-0.39, 0.29) is 17.7 Å². The van der Waals surface area contributed by atoms with E-state index in [1.807, 2.05) is 6.07 Å². The summed E-state index contributed by atoms with van der Waals surface area (Å²) >= 11 is 0. The summed E-state index contributed by atoms with van der Waals surface area (Å²) in [6, 6.07) is 17.2. The van der Waals surface area contributed by atoms with Gasteiger partial charge in [-0.2, -0.15) is 23.5 Å². The number of hydrogen-bond donors (Lipinski definition) is 2. The zero-order valence-electron chi connectivity index (χ0n) is 21.0. The van der Waals surface area contributed by atoms with Gasteiger partial charge in [0.15, 0.2) is 0 Å². The molecule has 3 heterocycles. The van der Waals surface area contributed by atoms with Crippen molar-refractivity contribution in [3.8, 4) is 17.3 Å². The fourth-order valence-electron chi connectivity index (χ4n) is 4.29. The lowest BCUT2D eigenvalue weighted by atomic mass is 10.0. The SMILES string of the molecule is N#CCC(c1cccc(NC(=O)C(OC(=O)C(F)(F)F)c2ccccc2)c1)n1cc(-c2ncnc3[nH]ccc23)cn1. The van der Waals surface area contributed by atoms with Crippen molar-refractivity contribution >= 4 is 28.6 Å². The van der Waals surface area contributed by atoms with Crippen LogP contribution in [-0.4, -0.2) is 42.8 Å². The Kier molecular flexibility index (Phi) is 7.47. The van der Waals surface area contributed by atoms with Gasteiger partial charge in [0.25, 0.3) is 5.91 Å². The number of rotatable bonds is 8. The molecule has 5 rings (SSSR count). The molecule has 1 amide bonds. The average molecular weight is 560 g/mol. The molecule has 13 heteroatoms. The third-order valence-corrected chi connectivity index (χ3v) is 6.17. The predicted octanol–water partition coefficient (Wildman–Crippen LogP) is 5.11. The molecular weight excluding hydrogens is 539 g/mol. The molecule has 5 aromatic rings. The van der Waals surface area contributed by atoms with Crippen LogP contribution in [0.2, 0.25) is 0 Å². The summed E-state index contributed by atoms with van der Waals surface area (Å²) in [6.07, 6.45) is -0.571.